The second kappa shape index (κ2) is 9.75. The lowest BCUT2D eigenvalue weighted by molar-refractivity contribution is -0.123. The van der Waals surface area contributed by atoms with Crippen molar-refractivity contribution in [1.29, 1.82) is 0 Å². The Balaban J connectivity index is 1.38. The summed E-state index contributed by atoms with van der Waals surface area (Å²) < 4.78 is 0. The molecule has 160 valence electrons. The van der Waals surface area contributed by atoms with Gasteiger partial charge in [0.25, 0.3) is 5.91 Å². The molecular weight excluding hydrogens is 394 g/mol. The number of hydrogen-bond acceptors (Lipinski definition) is 4. The van der Waals surface area contributed by atoms with Gasteiger partial charge >= 0.3 is 0 Å². The molecular formula is C24H31N3O2S. The molecule has 0 radical (unpaired) electrons. The van der Waals surface area contributed by atoms with Crippen LogP contribution in [0, 0.1) is 5.92 Å². The molecule has 2 aliphatic carbocycles. The molecule has 0 unspecified atom stereocenters. The molecule has 0 saturated heterocycles. The lowest BCUT2D eigenvalue weighted by Gasteiger charge is -2.21. The quantitative estimate of drug-likeness (QED) is 0.569. The standard InChI is InChI=1S/C24H31N3O2S/c25-19(14-16-6-2-1-3-7-16)21-12-13-22(30-21)24(29)27-20(15-17-8-4-5-9-17)23(28)26-18-10-11-18/h1-3,6-7,12-13,17-20H,4-5,8-11,14-15,25H2,(H,26,28)(H,27,29)/t19-,20+/m1/s1. The van der Waals surface area contributed by atoms with Gasteiger partial charge in [0.1, 0.15) is 6.04 Å². The molecule has 2 atom stereocenters. The van der Waals surface area contributed by atoms with Crippen molar-refractivity contribution in [3.8, 4) is 0 Å². The molecule has 2 saturated carbocycles. The SMILES string of the molecule is N[C@H](Cc1ccccc1)c1ccc(C(=O)N[C@@H](CC2CCCC2)C(=O)NC2CC2)s1. The lowest BCUT2D eigenvalue weighted by Crippen LogP contribution is -2.48. The predicted molar refractivity (Wildman–Crippen MR) is 120 cm³/mol. The van der Waals surface area contributed by atoms with Crippen LogP contribution in [0.4, 0.5) is 0 Å². The van der Waals surface area contributed by atoms with Crippen LogP contribution in [0.2, 0.25) is 0 Å². The molecule has 0 spiro atoms. The highest BCUT2D eigenvalue weighted by Gasteiger charge is 2.31. The maximum atomic E-state index is 12.9. The van der Waals surface area contributed by atoms with Gasteiger partial charge in [0.2, 0.25) is 5.91 Å². The van der Waals surface area contributed by atoms with Crippen molar-refractivity contribution in [2.45, 2.75) is 69.5 Å². The normalized spacial score (nSPS) is 18.7. The summed E-state index contributed by atoms with van der Waals surface area (Å²) in [6.07, 6.45) is 8.31. The third-order valence-electron chi connectivity index (χ3n) is 6.10. The summed E-state index contributed by atoms with van der Waals surface area (Å²) in [5.74, 6) is 0.320. The maximum Gasteiger partial charge on any atom is 0.262 e. The number of nitrogens with one attached hydrogen (secondary N) is 2. The molecule has 4 rings (SSSR count). The van der Waals surface area contributed by atoms with Gasteiger partial charge in [-0.1, -0.05) is 56.0 Å². The maximum absolute atomic E-state index is 12.9. The van der Waals surface area contributed by atoms with Gasteiger partial charge < -0.3 is 16.4 Å². The first-order chi connectivity index (χ1) is 14.6. The molecule has 2 aromatic rings. The number of benzene rings is 1. The molecule has 1 heterocycles. The Hall–Kier alpha value is -2.18. The molecule has 4 N–H and O–H groups in total. The molecule has 1 aromatic carbocycles. The number of hydrogen-bond donors (Lipinski definition) is 3. The largest absolute Gasteiger partial charge is 0.352 e. The second-order valence-electron chi connectivity index (χ2n) is 8.69. The van der Waals surface area contributed by atoms with E-state index in [2.05, 4.69) is 22.8 Å². The first-order valence-electron chi connectivity index (χ1n) is 11.1. The number of nitrogens with two attached hydrogens (primary N) is 1. The van der Waals surface area contributed by atoms with Crippen LogP contribution in [0.15, 0.2) is 42.5 Å². The Kier molecular flexibility index (Phi) is 6.85. The van der Waals surface area contributed by atoms with Crippen molar-refractivity contribution in [3.05, 3.63) is 57.8 Å². The minimum atomic E-state index is -0.454. The van der Waals surface area contributed by atoms with Crippen LogP contribution in [0.25, 0.3) is 0 Å². The Morgan fingerprint density at radius 1 is 1.03 bits per heavy atom. The number of rotatable bonds is 9. The monoisotopic (exact) mass is 425 g/mol. The van der Waals surface area contributed by atoms with E-state index in [4.69, 9.17) is 5.73 Å². The van der Waals surface area contributed by atoms with Crippen molar-refractivity contribution >= 4 is 23.2 Å². The van der Waals surface area contributed by atoms with Gasteiger partial charge in [-0.3, -0.25) is 9.59 Å². The summed E-state index contributed by atoms with van der Waals surface area (Å²) in [4.78, 5) is 27.2. The molecule has 0 bridgehead atoms. The minimum Gasteiger partial charge on any atom is -0.352 e. The zero-order chi connectivity index (χ0) is 20.9. The van der Waals surface area contributed by atoms with E-state index in [0.29, 0.717) is 16.8 Å². The molecule has 0 aliphatic heterocycles. The van der Waals surface area contributed by atoms with Crippen molar-refractivity contribution in [2.24, 2.45) is 11.7 Å². The van der Waals surface area contributed by atoms with E-state index < -0.39 is 6.04 Å². The van der Waals surface area contributed by atoms with Crippen molar-refractivity contribution < 1.29 is 9.59 Å². The highest BCUT2D eigenvalue weighted by atomic mass is 32.1. The van der Waals surface area contributed by atoms with E-state index >= 15 is 0 Å². The van der Waals surface area contributed by atoms with E-state index in [1.165, 1.54) is 29.7 Å². The fourth-order valence-electron chi connectivity index (χ4n) is 4.21. The molecule has 6 heteroatoms. The molecule has 1 aromatic heterocycles. The minimum absolute atomic E-state index is 0.0321. The first-order valence-corrected chi connectivity index (χ1v) is 11.9. The van der Waals surface area contributed by atoms with Crippen LogP contribution in [0.3, 0.4) is 0 Å². The van der Waals surface area contributed by atoms with Gasteiger partial charge in [-0.25, -0.2) is 0 Å². The van der Waals surface area contributed by atoms with Crippen LogP contribution < -0.4 is 16.4 Å². The number of carbonyl (C=O) groups is 2. The Bertz CT molecular complexity index is 856. The number of amides is 2. The highest BCUT2D eigenvalue weighted by molar-refractivity contribution is 7.14. The Morgan fingerprint density at radius 3 is 2.47 bits per heavy atom. The van der Waals surface area contributed by atoms with Crippen LogP contribution in [-0.4, -0.2) is 23.9 Å². The Morgan fingerprint density at radius 2 is 1.77 bits per heavy atom. The first kappa shape index (κ1) is 21.1. The van der Waals surface area contributed by atoms with Gasteiger partial charge in [-0.2, -0.15) is 0 Å². The van der Waals surface area contributed by atoms with Crippen LogP contribution >= 0.6 is 11.3 Å². The third-order valence-corrected chi connectivity index (χ3v) is 7.32. The van der Waals surface area contributed by atoms with E-state index in [9.17, 15) is 9.59 Å². The molecule has 2 aliphatic rings. The van der Waals surface area contributed by atoms with Crippen molar-refractivity contribution in [2.75, 3.05) is 0 Å². The fraction of sp³-hybridized carbons (Fsp3) is 0.500. The summed E-state index contributed by atoms with van der Waals surface area (Å²) in [7, 11) is 0. The van der Waals surface area contributed by atoms with Crippen molar-refractivity contribution in [3.63, 3.8) is 0 Å². The van der Waals surface area contributed by atoms with E-state index in [1.54, 1.807) is 0 Å². The fourth-order valence-corrected chi connectivity index (χ4v) is 5.12. The van der Waals surface area contributed by atoms with E-state index in [0.717, 1.165) is 43.4 Å². The molecule has 2 fully saturated rings. The van der Waals surface area contributed by atoms with E-state index in [-0.39, 0.29) is 17.9 Å². The summed E-state index contributed by atoms with van der Waals surface area (Å²) in [5.41, 5.74) is 7.55. The van der Waals surface area contributed by atoms with Crippen LogP contribution in [-0.2, 0) is 11.2 Å². The highest BCUT2D eigenvalue weighted by Crippen LogP contribution is 2.30. The summed E-state index contributed by atoms with van der Waals surface area (Å²) in [6.45, 7) is 0. The topological polar surface area (TPSA) is 84.2 Å². The second-order valence-corrected chi connectivity index (χ2v) is 9.81. The van der Waals surface area contributed by atoms with Crippen molar-refractivity contribution in [1.82, 2.24) is 10.6 Å². The molecule has 30 heavy (non-hydrogen) atoms. The zero-order valence-electron chi connectivity index (χ0n) is 17.3. The smallest absolute Gasteiger partial charge is 0.262 e. The lowest BCUT2D eigenvalue weighted by atomic mass is 9.97. The summed E-state index contributed by atoms with van der Waals surface area (Å²) >= 11 is 1.42. The van der Waals surface area contributed by atoms with Gasteiger partial charge in [0.05, 0.1) is 4.88 Å². The average molecular weight is 426 g/mol. The van der Waals surface area contributed by atoms with E-state index in [1.807, 2.05) is 30.3 Å². The third kappa shape index (κ3) is 5.70. The van der Waals surface area contributed by atoms with Crippen LogP contribution in [0.1, 0.15) is 71.1 Å². The number of carbonyl (C=O) groups excluding carboxylic acids is 2. The van der Waals surface area contributed by atoms with Crippen LogP contribution in [0.5, 0.6) is 0 Å². The van der Waals surface area contributed by atoms with Gasteiger partial charge in [-0.15, -0.1) is 11.3 Å². The van der Waals surface area contributed by atoms with Gasteiger partial charge in [-0.05, 0) is 49.3 Å². The van der Waals surface area contributed by atoms with Gasteiger partial charge in [0.15, 0.2) is 0 Å². The predicted octanol–water partition coefficient (Wildman–Crippen LogP) is 3.95. The summed E-state index contributed by atoms with van der Waals surface area (Å²) in [6, 6.07) is 13.6. The Labute approximate surface area is 182 Å². The summed E-state index contributed by atoms with van der Waals surface area (Å²) in [5, 5.41) is 6.08. The van der Waals surface area contributed by atoms with Gasteiger partial charge in [0, 0.05) is 17.0 Å². The number of thiophene rings is 1. The zero-order valence-corrected chi connectivity index (χ0v) is 18.1. The average Bonchev–Trinajstić information content (AvgIpc) is 3.20. The molecule has 2 amide bonds. The molecule has 5 nitrogen and oxygen atoms in total.